The molecule has 0 aliphatic carbocycles. The monoisotopic (exact) mass is 171 g/mol. The molecule has 0 aromatic carbocycles. The standard InChI is InChI=1S/C5H5N3S2/c1-2-10-8(7-1)5-3-6-4-9-5/h1-4,7H. The molecule has 3 nitrogen and oxygen atoms in total. The molecule has 52 valence electrons. The highest BCUT2D eigenvalue weighted by Gasteiger charge is 2.08. The second-order valence-corrected chi connectivity index (χ2v) is 3.38. The van der Waals surface area contributed by atoms with Gasteiger partial charge in [-0.05, 0) is 0 Å². The number of anilines is 1. The summed E-state index contributed by atoms with van der Waals surface area (Å²) in [6.45, 7) is 0. The van der Waals surface area contributed by atoms with E-state index in [4.69, 9.17) is 0 Å². The van der Waals surface area contributed by atoms with E-state index in [2.05, 4.69) is 10.4 Å². The number of thiazole rings is 1. The van der Waals surface area contributed by atoms with Gasteiger partial charge < -0.3 is 0 Å². The molecule has 1 aromatic heterocycles. The molecule has 0 spiro atoms. The van der Waals surface area contributed by atoms with E-state index in [0.717, 1.165) is 5.00 Å². The third kappa shape index (κ3) is 0.975. The summed E-state index contributed by atoms with van der Waals surface area (Å²) in [5.41, 5.74) is 4.86. The molecule has 0 bridgehead atoms. The summed E-state index contributed by atoms with van der Waals surface area (Å²) >= 11 is 3.22. The van der Waals surface area contributed by atoms with E-state index < -0.39 is 0 Å². The first-order valence-electron chi connectivity index (χ1n) is 2.73. The van der Waals surface area contributed by atoms with Gasteiger partial charge in [-0.3, -0.25) is 10.4 Å². The van der Waals surface area contributed by atoms with Crippen molar-refractivity contribution in [1.29, 1.82) is 0 Å². The first kappa shape index (κ1) is 6.06. The normalized spacial score (nSPS) is 15.8. The van der Waals surface area contributed by atoms with E-state index in [1.165, 1.54) is 0 Å². The zero-order chi connectivity index (χ0) is 6.81. The van der Waals surface area contributed by atoms with Gasteiger partial charge in [0.25, 0.3) is 0 Å². The Morgan fingerprint density at radius 3 is 3.20 bits per heavy atom. The number of hydrogen-bond donors (Lipinski definition) is 1. The third-order valence-electron chi connectivity index (χ3n) is 1.05. The van der Waals surface area contributed by atoms with Crippen molar-refractivity contribution in [2.24, 2.45) is 0 Å². The molecular weight excluding hydrogens is 166 g/mol. The number of nitrogens with zero attached hydrogens (tertiary/aromatic N) is 2. The number of rotatable bonds is 1. The molecule has 2 rings (SSSR count). The molecule has 10 heavy (non-hydrogen) atoms. The van der Waals surface area contributed by atoms with Gasteiger partial charge in [-0.15, -0.1) is 11.3 Å². The van der Waals surface area contributed by atoms with Crippen LogP contribution in [0.3, 0.4) is 0 Å². The Labute approximate surface area is 66.9 Å². The lowest BCUT2D eigenvalue weighted by Crippen LogP contribution is -2.21. The van der Waals surface area contributed by atoms with Crippen LogP contribution in [-0.4, -0.2) is 4.98 Å². The van der Waals surface area contributed by atoms with Crippen LogP contribution in [0.4, 0.5) is 5.00 Å². The molecule has 1 aliphatic rings. The van der Waals surface area contributed by atoms with Crippen molar-refractivity contribution in [3.8, 4) is 0 Å². The minimum Gasteiger partial charge on any atom is -0.294 e. The zero-order valence-corrected chi connectivity index (χ0v) is 6.65. The van der Waals surface area contributed by atoms with Gasteiger partial charge in [-0.1, -0.05) is 0 Å². The summed E-state index contributed by atoms with van der Waals surface area (Å²) in [5, 5.41) is 3.11. The lowest BCUT2D eigenvalue weighted by atomic mass is 10.9. The first-order valence-corrected chi connectivity index (χ1v) is 4.45. The minimum atomic E-state index is 1.12. The quantitative estimate of drug-likeness (QED) is 0.649. The molecule has 0 atom stereocenters. The van der Waals surface area contributed by atoms with Crippen LogP contribution in [0, 0.1) is 0 Å². The second-order valence-electron chi connectivity index (χ2n) is 1.67. The van der Waals surface area contributed by atoms with Crippen LogP contribution >= 0.6 is 23.3 Å². The van der Waals surface area contributed by atoms with Crippen molar-refractivity contribution in [2.45, 2.75) is 0 Å². The van der Waals surface area contributed by atoms with Gasteiger partial charge in [0.1, 0.15) is 5.00 Å². The lowest BCUT2D eigenvalue weighted by molar-refractivity contribution is 0.990. The van der Waals surface area contributed by atoms with E-state index in [1.807, 2.05) is 27.7 Å². The van der Waals surface area contributed by atoms with E-state index in [-0.39, 0.29) is 0 Å². The highest BCUT2D eigenvalue weighted by molar-refractivity contribution is 8.03. The highest BCUT2D eigenvalue weighted by atomic mass is 32.2. The fourth-order valence-corrected chi connectivity index (χ4v) is 1.92. The van der Waals surface area contributed by atoms with Crippen LogP contribution in [0.1, 0.15) is 0 Å². The summed E-state index contributed by atoms with van der Waals surface area (Å²) in [4.78, 5) is 3.96. The number of aromatic nitrogens is 1. The molecule has 1 aromatic rings. The fraction of sp³-hybridized carbons (Fsp3) is 0. The maximum Gasteiger partial charge on any atom is 0.143 e. The number of hydrazine groups is 1. The molecule has 0 fully saturated rings. The van der Waals surface area contributed by atoms with Crippen molar-refractivity contribution >= 4 is 28.3 Å². The molecule has 0 saturated heterocycles. The molecule has 0 unspecified atom stereocenters. The van der Waals surface area contributed by atoms with E-state index >= 15 is 0 Å². The van der Waals surface area contributed by atoms with Gasteiger partial charge >= 0.3 is 0 Å². The van der Waals surface area contributed by atoms with Gasteiger partial charge in [-0.2, -0.15) is 0 Å². The number of nitrogens with one attached hydrogen (secondary N) is 1. The van der Waals surface area contributed by atoms with Gasteiger partial charge in [0.15, 0.2) is 0 Å². The summed E-state index contributed by atoms with van der Waals surface area (Å²) < 4.78 is 1.96. The average Bonchev–Trinajstić information content (AvgIpc) is 2.59. The van der Waals surface area contributed by atoms with Gasteiger partial charge in [-0.25, -0.2) is 4.41 Å². The summed E-state index contributed by atoms with van der Waals surface area (Å²) in [6, 6.07) is 0. The molecule has 5 heteroatoms. The van der Waals surface area contributed by atoms with Crippen molar-refractivity contribution in [3.05, 3.63) is 23.3 Å². The van der Waals surface area contributed by atoms with E-state index in [0.29, 0.717) is 0 Å². The number of hydrogen-bond acceptors (Lipinski definition) is 5. The predicted octanol–water partition coefficient (Wildman–Crippen LogP) is 1.59. The summed E-state index contributed by atoms with van der Waals surface area (Å²) in [6.07, 6.45) is 3.72. The van der Waals surface area contributed by atoms with E-state index in [9.17, 15) is 0 Å². The van der Waals surface area contributed by atoms with Gasteiger partial charge in [0, 0.05) is 23.6 Å². The van der Waals surface area contributed by atoms with Crippen molar-refractivity contribution in [2.75, 3.05) is 4.41 Å². The minimum absolute atomic E-state index is 1.12. The van der Waals surface area contributed by atoms with Crippen LogP contribution in [-0.2, 0) is 0 Å². The molecular formula is C5H5N3S2. The Kier molecular flexibility index (Phi) is 1.52. The van der Waals surface area contributed by atoms with Crippen molar-refractivity contribution in [1.82, 2.24) is 10.4 Å². The summed E-state index contributed by atoms with van der Waals surface area (Å²) in [7, 11) is 0. The second kappa shape index (κ2) is 2.51. The van der Waals surface area contributed by atoms with Crippen LogP contribution in [0.2, 0.25) is 0 Å². The molecule has 2 heterocycles. The molecule has 1 aliphatic heterocycles. The Morgan fingerprint density at radius 1 is 1.60 bits per heavy atom. The molecule has 0 saturated carbocycles. The van der Waals surface area contributed by atoms with Crippen LogP contribution in [0.5, 0.6) is 0 Å². The Balaban J connectivity index is 2.14. The molecule has 1 N–H and O–H groups in total. The zero-order valence-electron chi connectivity index (χ0n) is 5.02. The maximum atomic E-state index is 3.96. The van der Waals surface area contributed by atoms with Crippen molar-refractivity contribution < 1.29 is 0 Å². The van der Waals surface area contributed by atoms with E-state index in [1.54, 1.807) is 23.3 Å². The van der Waals surface area contributed by atoms with Crippen LogP contribution in [0.25, 0.3) is 0 Å². The van der Waals surface area contributed by atoms with Gasteiger partial charge in [0.2, 0.25) is 0 Å². The SMILES string of the molecule is C1=CSN(c2cncs2)N1. The van der Waals surface area contributed by atoms with Crippen molar-refractivity contribution in [3.63, 3.8) is 0 Å². The Hall–Kier alpha value is -0.680. The van der Waals surface area contributed by atoms with Gasteiger partial charge in [0.05, 0.1) is 11.7 Å². The van der Waals surface area contributed by atoms with Crippen LogP contribution < -0.4 is 9.84 Å². The average molecular weight is 171 g/mol. The largest absolute Gasteiger partial charge is 0.294 e. The lowest BCUT2D eigenvalue weighted by Gasteiger charge is -2.11. The molecule has 0 radical (unpaired) electrons. The Morgan fingerprint density at radius 2 is 2.60 bits per heavy atom. The fourth-order valence-electron chi connectivity index (χ4n) is 0.645. The Bertz CT molecular complexity index is 223. The smallest absolute Gasteiger partial charge is 0.143 e. The predicted molar refractivity (Wildman–Crippen MR) is 44.5 cm³/mol. The van der Waals surface area contributed by atoms with Crippen LogP contribution in [0.15, 0.2) is 23.3 Å². The first-order chi connectivity index (χ1) is 4.97. The maximum absolute atomic E-state index is 3.96. The highest BCUT2D eigenvalue weighted by Crippen LogP contribution is 2.26. The third-order valence-corrected chi connectivity index (χ3v) is 2.69. The topological polar surface area (TPSA) is 28.2 Å². The summed E-state index contributed by atoms with van der Waals surface area (Å²) in [5.74, 6) is 0. The molecule has 0 amide bonds.